The van der Waals surface area contributed by atoms with Gasteiger partial charge in [0.15, 0.2) is 17.1 Å². The average Bonchev–Trinajstić information content (AvgIpc) is 2.84. The van der Waals surface area contributed by atoms with Gasteiger partial charge in [0.05, 0.1) is 7.11 Å². The van der Waals surface area contributed by atoms with Crippen molar-refractivity contribution < 1.29 is 13.9 Å². The number of fused-ring (bicyclic) bond motifs is 1. The standard InChI is InChI=1S/C17H22N2O3/c1-11-10-18(3)8-9-19(11)17(20)15-12(2)13-6-5-7-14(21-4)16(13)22-15/h5-7,11H,8-10H2,1-4H3. The molecule has 3 rings (SSSR count). The number of methoxy groups -OCH3 is 1. The van der Waals surface area contributed by atoms with Gasteiger partial charge < -0.3 is 19.0 Å². The van der Waals surface area contributed by atoms with Crippen LogP contribution in [0.25, 0.3) is 11.0 Å². The molecule has 0 N–H and O–H groups in total. The number of hydrogen-bond acceptors (Lipinski definition) is 4. The van der Waals surface area contributed by atoms with Crippen molar-refractivity contribution in [3.8, 4) is 5.75 Å². The molecule has 0 spiro atoms. The van der Waals surface area contributed by atoms with Crippen LogP contribution in [0.1, 0.15) is 23.0 Å². The molecule has 0 aliphatic carbocycles. The lowest BCUT2D eigenvalue weighted by Gasteiger charge is -2.37. The normalized spacial score (nSPS) is 19.6. The highest BCUT2D eigenvalue weighted by molar-refractivity contribution is 6.00. The van der Waals surface area contributed by atoms with Gasteiger partial charge in [-0.15, -0.1) is 0 Å². The van der Waals surface area contributed by atoms with Crippen LogP contribution in [-0.4, -0.2) is 55.5 Å². The molecule has 1 fully saturated rings. The second-order valence-corrected chi connectivity index (χ2v) is 6.00. The number of carbonyl (C=O) groups is 1. The van der Waals surface area contributed by atoms with E-state index in [1.54, 1.807) is 7.11 Å². The number of benzene rings is 1. The van der Waals surface area contributed by atoms with Crippen LogP contribution in [0.15, 0.2) is 22.6 Å². The maximum atomic E-state index is 12.9. The Morgan fingerprint density at radius 3 is 2.82 bits per heavy atom. The van der Waals surface area contributed by atoms with E-state index in [1.807, 2.05) is 30.0 Å². The van der Waals surface area contributed by atoms with Gasteiger partial charge in [-0.25, -0.2) is 0 Å². The fourth-order valence-corrected chi connectivity index (χ4v) is 3.15. The Balaban J connectivity index is 1.99. The first-order chi connectivity index (χ1) is 10.5. The molecular formula is C17H22N2O3. The molecule has 1 aromatic heterocycles. The summed E-state index contributed by atoms with van der Waals surface area (Å²) in [5, 5.41) is 0.935. The minimum atomic E-state index is -0.0312. The molecule has 1 aromatic carbocycles. The number of para-hydroxylation sites is 1. The van der Waals surface area contributed by atoms with E-state index in [4.69, 9.17) is 9.15 Å². The second kappa shape index (κ2) is 5.65. The van der Waals surface area contributed by atoms with Crippen molar-refractivity contribution in [1.29, 1.82) is 0 Å². The predicted molar refractivity (Wildman–Crippen MR) is 85.5 cm³/mol. The number of aryl methyl sites for hydroxylation is 1. The Kier molecular flexibility index (Phi) is 3.83. The summed E-state index contributed by atoms with van der Waals surface area (Å²) in [5.74, 6) is 1.05. The molecule has 1 saturated heterocycles. The highest BCUT2D eigenvalue weighted by Gasteiger charge is 2.30. The summed E-state index contributed by atoms with van der Waals surface area (Å²) >= 11 is 0. The molecule has 22 heavy (non-hydrogen) atoms. The summed E-state index contributed by atoms with van der Waals surface area (Å²) in [4.78, 5) is 17.0. The van der Waals surface area contributed by atoms with Crippen molar-refractivity contribution in [2.75, 3.05) is 33.8 Å². The van der Waals surface area contributed by atoms with E-state index in [2.05, 4.69) is 18.9 Å². The summed E-state index contributed by atoms with van der Waals surface area (Å²) < 4.78 is 11.2. The van der Waals surface area contributed by atoms with Gasteiger partial charge in [-0.3, -0.25) is 4.79 Å². The number of nitrogens with zero attached hydrogens (tertiary/aromatic N) is 2. The van der Waals surface area contributed by atoms with Gasteiger partial charge in [0, 0.05) is 36.6 Å². The summed E-state index contributed by atoms with van der Waals surface area (Å²) in [6, 6.07) is 5.90. The minimum Gasteiger partial charge on any atom is -0.493 e. The third-order valence-corrected chi connectivity index (χ3v) is 4.43. The first kappa shape index (κ1) is 14.9. The Bertz CT molecular complexity index is 707. The zero-order chi connectivity index (χ0) is 15.9. The number of likely N-dealkylation sites (N-methyl/N-ethyl adjacent to an activating group) is 1. The molecule has 0 saturated carbocycles. The van der Waals surface area contributed by atoms with Crippen molar-refractivity contribution in [1.82, 2.24) is 9.80 Å². The molecule has 1 amide bonds. The van der Waals surface area contributed by atoms with Crippen LogP contribution in [0.2, 0.25) is 0 Å². The van der Waals surface area contributed by atoms with Crippen LogP contribution in [0, 0.1) is 6.92 Å². The molecule has 0 radical (unpaired) electrons. The quantitative estimate of drug-likeness (QED) is 0.855. The van der Waals surface area contributed by atoms with E-state index in [0.717, 1.165) is 30.6 Å². The molecule has 5 heteroatoms. The van der Waals surface area contributed by atoms with Gasteiger partial charge in [-0.05, 0) is 27.0 Å². The zero-order valence-corrected chi connectivity index (χ0v) is 13.5. The second-order valence-electron chi connectivity index (χ2n) is 6.00. The highest BCUT2D eigenvalue weighted by Crippen LogP contribution is 2.33. The molecule has 1 aliphatic heterocycles. The van der Waals surface area contributed by atoms with Crippen molar-refractivity contribution in [2.45, 2.75) is 19.9 Å². The largest absolute Gasteiger partial charge is 0.493 e. The Labute approximate surface area is 130 Å². The van der Waals surface area contributed by atoms with Crippen molar-refractivity contribution in [2.24, 2.45) is 0 Å². The first-order valence-corrected chi connectivity index (χ1v) is 7.58. The van der Waals surface area contributed by atoms with E-state index < -0.39 is 0 Å². The number of carbonyl (C=O) groups excluding carboxylic acids is 1. The Morgan fingerprint density at radius 2 is 2.14 bits per heavy atom. The van der Waals surface area contributed by atoms with Crippen molar-refractivity contribution in [3.05, 3.63) is 29.5 Å². The lowest BCUT2D eigenvalue weighted by atomic mass is 10.1. The van der Waals surface area contributed by atoms with Gasteiger partial charge in [0.25, 0.3) is 5.91 Å². The van der Waals surface area contributed by atoms with E-state index in [0.29, 0.717) is 17.1 Å². The fraction of sp³-hybridized carbons (Fsp3) is 0.471. The third kappa shape index (κ3) is 2.35. The van der Waals surface area contributed by atoms with E-state index >= 15 is 0 Å². The summed E-state index contributed by atoms with van der Waals surface area (Å²) in [5.41, 5.74) is 1.53. The zero-order valence-electron chi connectivity index (χ0n) is 13.5. The maximum absolute atomic E-state index is 12.9. The summed E-state index contributed by atoms with van der Waals surface area (Å²) in [7, 11) is 3.69. The van der Waals surface area contributed by atoms with Crippen LogP contribution in [0.4, 0.5) is 0 Å². The van der Waals surface area contributed by atoms with E-state index in [9.17, 15) is 4.79 Å². The number of hydrogen-bond donors (Lipinski definition) is 0. The predicted octanol–water partition coefficient (Wildman–Crippen LogP) is 2.53. The Hall–Kier alpha value is -2.01. The highest BCUT2D eigenvalue weighted by atomic mass is 16.5. The smallest absolute Gasteiger partial charge is 0.290 e. The number of ether oxygens (including phenoxy) is 1. The van der Waals surface area contributed by atoms with Crippen molar-refractivity contribution in [3.63, 3.8) is 0 Å². The van der Waals surface area contributed by atoms with Crippen LogP contribution in [-0.2, 0) is 0 Å². The van der Waals surface area contributed by atoms with Gasteiger partial charge >= 0.3 is 0 Å². The fourth-order valence-electron chi connectivity index (χ4n) is 3.15. The molecular weight excluding hydrogens is 280 g/mol. The van der Waals surface area contributed by atoms with Gasteiger partial charge in [-0.2, -0.15) is 0 Å². The number of piperazine rings is 1. The topological polar surface area (TPSA) is 45.9 Å². The Morgan fingerprint density at radius 1 is 1.36 bits per heavy atom. The minimum absolute atomic E-state index is 0.0312. The molecule has 2 heterocycles. The number of rotatable bonds is 2. The van der Waals surface area contributed by atoms with Crippen LogP contribution in [0.5, 0.6) is 5.75 Å². The summed E-state index contributed by atoms with van der Waals surface area (Å²) in [6.07, 6.45) is 0. The molecule has 1 atom stereocenters. The average molecular weight is 302 g/mol. The van der Waals surface area contributed by atoms with Crippen LogP contribution < -0.4 is 4.74 Å². The maximum Gasteiger partial charge on any atom is 0.290 e. The third-order valence-electron chi connectivity index (χ3n) is 4.43. The van der Waals surface area contributed by atoms with Gasteiger partial charge in [-0.1, -0.05) is 12.1 Å². The molecule has 1 unspecified atom stereocenters. The first-order valence-electron chi connectivity index (χ1n) is 7.58. The SMILES string of the molecule is COc1cccc2c(C)c(C(=O)N3CCN(C)CC3C)oc12. The van der Waals surface area contributed by atoms with Gasteiger partial charge in [0.2, 0.25) is 0 Å². The van der Waals surface area contributed by atoms with Gasteiger partial charge in [0.1, 0.15) is 0 Å². The molecule has 0 bridgehead atoms. The van der Waals surface area contributed by atoms with Crippen LogP contribution in [0.3, 0.4) is 0 Å². The van der Waals surface area contributed by atoms with Crippen molar-refractivity contribution >= 4 is 16.9 Å². The monoisotopic (exact) mass is 302 g/mol. The number of amides is 1. The lowest BCUT2D eigenvalue weighted by molar-refractivity contribution is 0.0504. The molecule has 118 valence electrons. The molecule has 2 aromatic rings. The number of furan rings is 1. The van der Waals surface area contributed by atoms with E-state index in [1.165, 1.54) is 0 Å². The van der Waals surface area contributed by atoms with Crippen LogP contribution >= 0.6 is 0 Å². The summed E-state index contributed by atoms with van der Waals surface area (Å²) in [6.45, 7) is 6.50. The molecule has 1 aliphatic rings. The van der Waals surface area contributed by atoms with E-state index in [-0.39, 0.29) is 11.9 Å². The lowest BCUT2D eigenvalue weighted by Crippen LogP contribution is -2.52. The molecule has 5 nitrogen and oxygen atoms in total.